The summed E-state index contributed by atoms with van der Waals surface area (Å²) in [5.41, 5.74) is 0.269. The maximum absolute atomic E-state index is 11.9. The summed E-state index contributed by atoms with van der Waals surface area (Å²) in [4.78, 5) is 13.7. The van der Waals surface area contributed by atoms with Crippen LogP contribution in [0.5, 0.6) is 0 Å². The molecule has 0 bridgehead atoms. The van der Waals surface area contributed by atoms with Crippen molar-refractivity contribution in [2.45, 2.75) is 45.8 Å². The van der Waals surface area contributed by atoms with Crippen LogP contribution in [0.3, 0.4) is 0 Å². The van der Waals surface area contributed by atoms with Crippen LogP contribution in [-0.4, -0.2) is 28.1 Å². The Hall–Kier alpha value is -1.35. The zero-order chi connectivity index (χ0) is 13.6. The lowest BCUT2D eigenvalue weighted by Crippen LogP contribution is -2.43. The fourth-order valence-corrected chi connectivity index (χ4v) is 1.78. The van der Waals surface area contributed by atoms with E-state index in [-0.39, 0.29) is 5.91 Å². The second-order valence-electron chi connectivity index (χ2n) is 4.94. The molecule has 3 heteroatoms. The molecule has 3 nitrogen and oxygen atoms in total. The van der Waals surface area contributed by atoms with Crippen LogP contribution in [0.4, 0.5) is 0 Å². The highest BCUT2D eigenvalue weighted by Crippen LogP contribution is 2.14. The lowest BCUT2D eigenvalue weighted by molar-refractivity contribution is -0.135. The quantitative estimate of drug-likeness (QED) is 0.842. The molecule has 1 amide bonds. The highest BCUT2D eigenvalue weighted by molar-refractivity contribution is 5.75. The van der Waals surface area contributed by atoms with Crippen molar-refractivity contribution in [3.8, 4) is 0 Å². The van der Waals surface area contributed by atoms with E-state index >= 15 is 0 Å². The first kappa shape index (κ1) is 14.7. The standard InChI is InChI=1S/C15H23NO2/c1-4-14(17)16(12-15(3,18)5-2)11-13-9-7-6-8-10-13/h6-10,18H,4-5,11-12H2,1-3H3. The highest BCUT2D eigenvalue weighted by Gasteiger charge is 2.24. The van der Waals surface area contributed by atoms with Gasteiger partial charge in [0.05, 0.1) is 5.60 Å². The molecule has 18 heavy (non-hydrogen) atoms. The number of rotatable bonds is 6. The first-order valence-electron chi connectivity index (χ1n) is 6.52. The van der Waals surface area contributed by atoms with Crippen molar-refractivity contribution in [2.24, 2.45) is 0 Å². The summed E-state index contributed by atoms with van der Waals surface area (Å²) in [6.07, 6.45) is 1.10. The van der Waals surface area contributed by atoms with Gasteiger partial charge in [-0.3, -0.25) is 4.79 Å². The largest absolute Gasteiger partial charge is 0.388 e. The van der Waals surface area contributed by atoms with Gasteiger partial charge in [-0.25, -0.2) is 0 Å². The van der Waals surface area contributed by atoms with E-state index in [9.17, 15) is 9.90 Å². The second-order valence-corrected chi connectivity index (χ2v) is 4.94. The second kappa shape index (κ2) is 6.55. The number of hydrogen-bond acceptors (Lipinski definition) is 2. The van der Waals surface area contributed by atoms with Crippen molar-refractivity contribution in [3.63, 3.8) is 0 Å². The third kappa shape index (κ3) is 4.49. The number of nitrogens with zero attached hydrogens (tertiary/aromatic N) is 1. The van der Waals surface area contributed by atoms with Crippen LogP contribution in [-0.2, 0) is 11.3 Å². The molecule has 0 aliphatic carbocycles. The molecule has 0 aromatic heterocycles. The Morgan fingerprint density at radius 1 is 1.28 bits per heavy atom. The van der Waals surface area contributed by atoms with E-state index in [1.807, 2.05) is 44.2 Å². The van der Waals surface area contributed by atoms with Crippen LogP contribution >= 0.6 is 0 Å². The van der Waals surface area contributed by atoms with E-state index in [4.69, 9.17) is 0 Å². The van der Waals surface area contributed by atoms with Gasteiger partial charge in [-0.1, -0.05) is 44.2 Å². The van der Waals surface area contributed by atoms with Crippen LogP contribution in [0.15, 0.2) is 30.3 Å². The molecule has 1 atom stereocenters. The molecule has 0 aliphatic rings. The molecule has 0 saturated carbocycles. The van der Waals surface area contributed by atoms with Crippen molar-refractivity contribution in [1.29, 1.82) is 0 Å². The summed E-state index contributed by atoms with van der Waals surface area (Å²) in [7, 11) is 0. The SMILES string of the molecule is CCC(=O)N(Cc1ccccc1)CC(C)(O)CC. The van der Waals surface area contributed by atoms with Crippen LogP contribution in [0.1, 0.15) is 39.2 Å². The van der Waals surface area contributed by atoms with Crippen molar-refractivity contribution in [2.75, 3.05) is 6.54 Å². The van der Waals surface area contributed by atoms with Gasteiger partial charge in [0.25, 0.3) is 0 Å². The van der Waals surface area contributed by atoms with Gasteiger partial charge < -0.3 is 10.0 Å². The van der Waals surface area contributed by atoms with Crippen LogP contribution in [0.25, 0.3) is 0 Å². The van der Waals surface area contributed by atoms with Gasteiger partial charge in [0.2, 0.25) is 5.91 Å². The van der Waals surface area contributed by atoms with E-state index < -0.39 is 5.60 Å². The van der Waals surface area contributed by atoms with Gasteiger partial charge in [-0.05, 0) is 18.9 Å². The smallest absolute Gasteiger partial charge is 0.222 e. The molecule has 0 aliphatic heterocycles. The number of benzene rings is 1. The molecular weight excluding hydrogens is 226 g/mol. The first-order valence-corrected chi connectivity index (χ1v) is 6.52. The molecule has 1 aromatic carbocycles. The Morgan fingerprint density at radius 3 is 2.39 bits per heavy atom. The van der Waals surface area contributed by atoms with Crippen LogP contribution in [0.2, 0.25) is 0 Å². The summed E-state index contributed by atoms with van der Waals surface area (Å²) < 4.78 is 0. The normalized spacial score (nSPS) is 14.0. The van der Waals surface area contributed by atoms with Crippen molar-refractivity contribution < 1.29 is 9.90 Å². The summed E-state index contributed by atoms with van der Waals surface area (Å²) in [5.74, 6) is 0.0765. The first-order chi connectivity index (χ1) is 8.48. The minimum atomic E-state index is -0.820. The lowest BCUT2D eigenvalue weighted by atomic mass is 10.0. The van der Waals surface area contributed by atoms with Gasteiger partial charge in [0.1, 0.15) is 0 Å². The Bertz CT molecular complexity index is 373. The third-order valence-electron chi connectivity index (χ3n) is 3.16. The maximum atomic E-state index is 11.9. The van der Waals surface area contributed by atoms with Crippen molar-refractivity contribution in [1.82, 2.24) is 4.90 Å². The fraction of sp³-hybridized carbons (Fsp3) is 0.533. The monoisotopic (exact) mass is 249 g/mol. The van der Waals surface area contributed by atoms with Crippen molar-refractivity contribution >= 4 is 5.91 Å². The Morgan fingerprint density at radius 2 is 1.89 bits per heavy atom. The predicted molar refractivity (Wildman–Crippen MR) is 73.1 cm³/mol. The summed E-state index contributed by atoms with van der Waals surface area (Å²) >= 11 is 0. The number of carbonyl (C=O) groups is 1. The van der Waals surface area contributed by atoms with Crippen LogP contribution in [0, 0.1) is 0 Å². The third-order valence-corrected chi connectivity index (χ3v) is 3.16. The molecule has 0 spiro atoms. The number of carbonyl (C=O) groups excluding carboxylic acids is 1. The Balaban J connectivity index is 2.77. The molecule has 1 aromatic rings. The Kier molecular flexibility index (Phi) is 5.35. The average molecular weight is 249 g/mol. The Labute approximate surface area is 109 Å². The summed E-state index contributed by atoms with van der Waals surface area (Å²) in [6.45, 7) is 6.49. The predicted octanol–water partition coefficient (Wildman–Crippen LogP) is 2.59. The minimum Gasteiger partial charge on any atom is -0.388 e. The number of hydrogen-bond donors (Lipinski definition) is 1. The fourth-order valence-electron chi connectivity index (χ4n) is 1.78. The zero-order valence-corrected chi connectivity index (χ0v) is 11.5. The zero-order valence-electron chi connectivity index (χ0n) is 11.5. The molecule has 0 fully saturated rings. The molecule has 1 N–H and O–H groups in total. The van der Waals surface area contributed by atoms with Gasteiger partial charge in [-0.2, -0.15) is 0 Å². The summed E-state index contributed by atoms with van der Waals surface area (Å²) in [5, 5.41) is 10.1. The molecular formula is C15H23NO2. The minimum absolute atomic E-state index is 0.0765. The van der Waals surface area contributed by atoms with E-state index in [2.05, 4.69) is 0 Å². The molecule has 1 rings (SSSR count). The van der Waals surface area contributed by atoms with Crippen molar-refractivity contribution in [3.05, 3.63) is 35.9 Å². The molecule has 1 unspecified atom stereocenters. The molecule has 0 heterocycles. The highest BCUT2D eigenvalue weighted by atomic mass is 16.3. The van der Waals surface area contributed by atoms with Gasteiger partial charge in [0, 0.05) is 19.5 Å². The number of aliphatic hydroxyl groups is 1. The summed E-state index contributed by atoms with van der Waals surface area (Å²) in [6, 6.07) is 9.87. The average Bonchev–Trinajstić information content (AvgIpc) is 2.38. The van der Waals surface area contributed by atoms with Gasteiger partial charge in [-0.15, -0.1) is 0 Å². The number of amides is 1. The topological polar surface area (TPSA) is 40.5 Å². The van der Waals surface area contributed by atoms with Gasteiger partial charge >= 0.3 is 0 Å². The maximum Gasteiger partial charge on any atom is 0.222 e. The molecule has 100 valence electrons. The van der Waals surface area contributed by atoms with Gasteiger partial charge in [0.15, 0.2) is 0 Å². The lowest BCUT2D eigenvalue weighted by Gasteiger charge is -2.31. The van der Waals surface area contributed by atoms with E-state index in [1.54, 1.807) is 11.8 Å². The van der Waals surface area contributed by atoms with E-state index in [1.165, 1.54) is 0 Å². The molecule has 0 saturated heterocycles. The van der Waals surface area contributed by atoms with E-state index in [0.717, 1.165) is 5.56 Å². The van der Waals surface area contributed by atoms with Crippen LogP contribution < -0.4 is 0 Å². The van der Waals surface area contributed by atoms with E-state index in [0.29, 0.717) is 25.9 Å². The molecule has 0 radical (unpaired) electrons.